The summed E-state index contributed by atoms with van der Waals surface area (Å²) in [5.41, 5.74) is 0.786. The molecule has 7 heteroatoms. The Labute approximate surface area is 151 Å². The van der Waals surface area contributed by atoms with Crippen LogP contribution in [0.15, 0.2) is 46.4 Å². The second-order valence-corrected chi connectivity index (χ2v) is 6.08. The van der Waals surface area contributed by atoms with E-state index in [0.29, 0.717) is 20.7 Å². The SMILES string of the molecule is N#C/C(=C\c1ccc(O)c(Br)c1)C(=O)Nc1cccc(Cl)c1Cl. The van der Waals surface area contributed by atoms with Gasteiger partial charge in [-0.05, 0) is 51.8 Å². The second kappa shape index (κ2) is 7.51. The lowest BCUT2D eigenvalue weighted by Gasteiger charge is -2.07. The molecule has 0 spiro atoms. The van der Waals surface area contributed by atoms with Crippen molar-refractivity contribution in [2.24, 2.45) is 0 Å². The molecule has 0 bridgehead atoms. The minimum atomic E-state index is -0.610. The Bertz CT molecular complexity index is 844. The van der Waals surface area contributed by atoms with Crippen molar-refractivity contribution in [1.29, 1.82) is 5.26 Å². The van der Waals surface area contributed by atoms with Gasteiger partial charge in [-0.1, -0.05) is 35.3 Å². The van der Waals surface area contributed by atoms with Crippen molar-refractivity contribution in [3.63, 3.8) is 0 Å². The Morgan fingerprint density at radius 1 is 1.30 bits per heavy atom. The Balaban J connectivity index is 2.28. The Morgan fingerprint density at radius 3 is 2.70 bits per heavy atom. The van der Waals surface area contributed by atoms with Gasteiger partial charge in [-0.3, -0.25) is 4.79 Å². The first-order valence-corrected chi connectivity index (χ1v) is 7.83. The van der Waals surface area contributed by atoms with Crippen molar-refractivity contribution in [1.82, 2.24) is 0 Å². The maximum atomic E-state index is 12.2. The van der Waals surface area contributed by atoms with Crippen molar-refractivity contribution in [3.8, 4) is 11.8 Å². The number of aromatic hydroxyl groups is 1. The van der Waals surface area contributed by atoms with Crippen molar-refractivity contribution in [2.45, 2.75) is 0 Å². The van der Waals surface area contributed by atoms with Crippen molar-refractivity contribution >= 4 is 56.8 Å². The molecule has 0 aliphatic carbocycles. The minimum absolute atomic E-state index is 0.0656. The van der Waals surface area contributed by atoms with E-state index in [0.717, 1.165) is 0 Å². The topological polar surface area (TPSA) is 73.1 Å². The molecule has 0 unspecified atom stereocenters. The van der Waals surface area contributed by atoms with Gasteiger partial charge in [0.2, 0.25) is 0 Å². The van der Waals surface area contributed by atoms with Crippen LogP contribution in [0.1, 0.15) is 5.56 Å². The number of hydrogen-bond donors (Lipinski definition) is 2. The number of anilines is 1. The summed E-state index contributed by atoms with van der Waals surface area (Å²) < 4.78 is 0.460. The van der Waals surface area contributed by atoms with Gasteiger partial charge in [-0.15, -0.1) is 0 Å². The molecule has 1 amide bonds. The van der Waals surface area contributed by atoms with Gasteiger partial charge in [0.05, 0.1) is 20.2 Å². The van der Waals surface area contributed by atoms with E-state index in [4.69, 9.17) is 23.2 Å². The molecule has 2 aromatic carbocycles. The molecule has 0 radical (unpaired) electrons. The van der Waals surface area contributed by atoms with Gasteiger partial charge in [0, 0.05) is 0 Å². The first kappa shape index (κ1) is 17.4. The number of phenols is 1. The average Bonchev–Trinajstić information content (AvgIpc) is 2.52. The molecule has 116 valence electrons. The highest BCUT2D eigenvalue weighted by molar-refractivity contribution is 9.10. The van der Waals surface area contributed by atoms with E-state index < -0.39 is 5.91 Å². The lowest BCUT2D eigenvalue weighted by Crippen LogP contribution is -2.13. The molecule has 4 nitrogen and oxygen atoms in total. The molecule has 2 rings (SSSR count). The van der Waals surface area contributed by atoms with Gasteiger partial charge >= 0.3 is 0 Å². The lowest BCUT2D eigenvalue weighted by atomic mass is 10.1. The average molecular weight is 412 g/mol. The molecular formula is C16H9BrCl2N2O2. The number of nitrogens with zero attached hydrogens (tertiary/aromatic N) is 1. The quantitative estimate of drug-likeness (QED) is 0.550. The van der Waals surface area contributed by atoms with E-state index in [2.05, 4.69) is 21.2 Å². The number of amides is 1. The summed E-state index contributed by atoms with van der Waals surface area (Å²) in [5, 5.41) is 21.7. The highest BCUT2D eigenvalue weighted by atomic mass is 79.9. The maximum absolute atomic E-state index is 12.2. The lowest BCUT2D eigenvalue weighted by molar-refractivity contribution is -0.112. The zero-order valence-electron chi connectivity index (χ0n) is 11.5. The third-order valence-electron chi connectivity index (χ3n) is 2.85. The normalized spacial score (nSPS) is 11.0. The van der Waals surface area contributed by atoms with Crippen LogP contribution in [0, 0.1) is 11.3 Å². The highest BCUT2D eigenvalue weighted by Gasteiger charge is 2.13. The van der Waals surface area contributed by atoms with Crippen LogP contribution in [-0.4, -0.2) is 11.0 Å². The molecule has 0 aliphatic heterocycles. The fourth-order valence-corrected chi connectivity index (χ4v) is 2.46. The number of carbonyl (C=O) groups is 1. The Morgan fingerprint density at radius 2 is 2.04 bits per heavy atom. The molecule has 0 heterocycles. The van der Waals surface area contributed by atoms with Crippen molar-refractivity contribution in [2.75, 3.05) is 5.32 Å². The van der Waals surface area contributed by atoms with Gasteiger partial charge in [-0.2, -0.15) is 5.26 Å². The predicted octanol–water partition coefficient (Wildman–Crippen LogP) is 5.01. The summed E-state index contributed by atoms with van der Waals surface area (Å²) in [5.74, 6) is -0.545. The first-order valence-electron chi connectivity index (χ1n) is 6.28. The molecule has 0 saturated carbocycles. The fraction of sp³-hybridized carbons (Fsp3) is 0. The number of halogens is 3. The zero-order valence-corrected chi connectivity index (χ0v) is 14.6. The van der Waals surface area contributed by atoms with Gasteiger partial charge in [0.25, 0.3) is 5.91 Å². The van der Waals surface area contributed by atoms with Gasteiger partial charge < -0.3 is 10.4 Å². The molecule has 0 aromatic heterocycles. The number of phenolic OH excluding ortho intramolecular Hbond substituents is 1. The summed E-state index contributed by atoms with van der Waals surface area (Å²) in [6, 6.07) is 11.3. The summed E-state index contributed by atoms with van der Waals surface area (Å²) in [6.07, 6.45) is 1.40. The molecule has 0 aliphatic rings. The first-order chi connectivity index (χ1) is 10.9. The molecule has 0 saturated heterocycles. The van der Waals surface area contributed by atoms with Gasteiger partial charge in [0.15, 0.2) is 0 Å². The van der Waals surface area contributed by atoms with E-state index in [1.165, 1.54) is 12.1 Å². The molecule has 2 N–H and O–H groups in total. The standard InChI is InChI=1S/C16H9BrCl2N2O2/c17-11-7-9(4-5-14(11)22)6-10(8-20)16(23)21-13-3-1-2-12(18)15(13)19/h1-7,22H,(H,21,23)/b10-6+. The highest BCUT2D eigenvalue weighted by Crippen LogP contribution is 2.30. The second-order valence-electron chi connectivity index (χ2n) is 4.44. The fourth-order valence-electron chi connectivity index (χ4n) is 1.72. The van der Waals surface area contributed by atoms with Crippen LogP contribution in [0.2, 0.25) is 10.0 Å². The summed E-state index contributed by atoms with van der Waals surface area (Å²) in [6.45, 7) is 0. The largest absolute Gasteiger partial charge is 0.507 e. The third kappa shape index (κ3) is 4.26. The van der Waals surface area contributed by atoms with E-state index in [9.17, 15) is 15.2 Å². The molecule has 0 atom stereocenters. The van der Waals surface area contributed by atoms with Crippen molar-refractivity contribution in [3.05, 3.63) is 62.1 Å². The molecule has 2 aromatic rings. The molecular weight excluding hydrogens is 403 g/mol. The Kier molecular flexibility index (Phi) is 5.67. The number of rotatable bonds is 3. The van der Waals surface area contributed by atoms with E-state index in [1.54, 1.807) is 30.3 Å². The minimum Gasteiger partial charge on any atom is -0.507 e. The zero-order chi connectivity index (χ0) is 17.0. The van der Waals surface area contributed by atoms with E-state index in [1.807, 2.05) is 6.07 Å². The van der Waals surface area contributed by atoms with Crippen LogP contribution in [0.5, 0.6) is 5.75 Å². The van der Waals surface area contributed by atoms with Crippen LogP contribution in [0.25, 0.3) is 6.08 Å². The van der Waals surface area contributed by atoms with Crippen LogP contribution >= 0.6 is 39.1 Å². The number of nitrogens with one attached hydrogen (secondary N) is 1. The number of carbonyl (C=O) groups excluding carboxylic acids is 1. The van der Waals surface area contributed by atoms with Crippen molar-refractivity contribution < 1.29 is 9.90 Å². The summed E-state index contributed by atoms with van der Waals surface area (Å²) in [7, 11) is 0. The van der Waals surface area contributed by atoms with Crippen LogP contribution < -0.4 is 5.32 Å². The molecule has 23 heavy (non-hydrogen) atoms. The summed E-state index contributed by atoms with van der Waals surface area (Å²) >= 11 is 15.1. The third-order valence-corrected chi connectivity index (χ3v) is 4.30. The Hall–Kier alpha value is -2.00. The number of benzene rings is 2. The van der Waals surface area contributed by atoms with Gasteiger partial charge in [0.1, 0.15) is 17.4 Å². The van der Waals surface area contributed by atoms with E-state index in [-0.39, 0.29) is 16.3 Å². The smallest absolute Gasteiger partial charge is 0.266 e. The monoisotopic (exact) mass is 410 g/mol. The predicted molar refractivity (Wildman–Crippen MR) is 94.5 cm³/mol. The van der Waals surface area contributed by atoms with Gasteiger partial charge in [-0.25, -0.2) is 0 Å². The van der Waals surface area contributed by atoms with Crippen LogP contribution in [0.4, 0.5) is 5.69 Å². The summed E-state index contributed by atoms with van der Waals surface area (Å²) in [4.78, 5) is 12.2. The number of hydrogen-bond acceptors (Lipinski definition) is 3. The van der Waals surface area contributed by atoms with Crippen LogP contribution in [0.3, 0.4) is 0 Å². The maximum Gasteiger partial charge on any atom is 0.266 e. The van der Waals surface area contributed by atoms with E-state index >= 15 is 0 Å². The van der Waals surface area contributed by atoms with Crippen LogP contribution in [-0.2, 0) is 4.79 Å². The molecule has 0 fully saturated rings. The number of nitriles is 1.